The van der Waals surface area contributed by atoms with Crippen LogP contribution in [0.25, 0.3) is 86.5 Å². The van der Waals surface area contributed by atoms with Gasteiger partial charge in [-0.25, -0.2) is 0 Å². The van der Waals surface area contributed by atoms with Crippen molar-refractivity contribution in [1.29, 1.82) is 0 Å². The smallest absolute Gasteiger partial charge is 0.218 e. The van der Waals surface area contributed by atoms with Crippen molar-refractivity contribution < 1.29 is 9.13 Å². The van der Waals surface area contributed by atoms with E-state index >= 15 is 0 Å². The fraction of sp³-hybridized carbons (Fsp3) is 0.176. The lowest BCUT2D eigenvalue weighted by Crippen LogP contribution is -2.49. The molecule has 5 aromatic heterocycles. The number of hydrogen-bond acceptors (Lipinski definition) is 1. The Morgan fingerprint density at radius 3 is 2.40 bits per heavy atom. The van der Waals surface area contributed by atoms with E-state index in [1.54, 1.807) is 0 Å². The Morgan fingerprint density at radius 2 is 1.49 bits per heavy atom. The van der Waals surface area contributed by atoms with Gasteiger partial charge in [-0.2, -0.15) is 9.13 Å². The van der Waals surface area contributed by atoms with Crippen LogP contribution in [-0.2, 0) is 11.8 Å². The summed E-state index contributed by atoms with van der Waals surface area (Å²) in [7, 11) is 0. The number of aromatic nitrogens is 3. The predicted molar refractivity (Wildman–Crippen MR) is 230 cm³/mol. The van der Waals surface area contributed by atoms with Crippen LogP contribution in [0.3, 0.4) is 0 Å². The number of aryl methyl sites for hydroxylation is 1. The van der Waals surface area contributed by atoms with Crippen molar-refractivity contribution in [3.8, 4) is 22.5 Å². The molecule has 0 radical (unpaired) electrons. The molecule has 0 saturated heterocycles. The molecular weight excluding hydrogens is 687 g/mol. The zero-order valence-corrected chi connectivity index (χ0v) is 32.3. The minimum absolute atomic E-state index is 0.0100. The standard InChI is InChI=1S/C51H41N3S/c1-30-26-43-35(33-12-5-6-13-34(33)41-17-9-10-24-53(41)43)20-19-31-27-45-40(29-39(31)44-28-32(51(2,3)4)23-25-52(30)44)36-15-11-16-38-48-42(54(45)50(36)38)21-22-47-49(48)37-14-7-8-18-46(37)55-47/h5-18,21-25,27-29,35,43H,1,19-20,26H2,2-4H3/q+2. The Kier molecular flexibility index (Phi) is 6.37. The van der Waals surface area contributed by atoms with E-state index in [-0.39, 0.29) is 11.5 Å². The zero-order valence-electron chi connectivity index (χ0n) is 31.4. The average Bonchev–Trinajstić information content (AvgIpc) is 3.86. The van der Waals surface area contributed by atoms with Gasteiger partial charge in [0.1, 0.15) is 0 Å². The third-order valence-electron chi connectivity index (χ3n) is 13.0. The predicted octanol–water partition coefficient (Wildman–Crippen LogP) is 12.6. The van der Waals surface area contributed by atoms with Crippen molar-refractivity contribution in [2.75, 3.05) is 0 Å². The van der Waals surface area contributed by atoms with Crippen molar-refractivity contribution in [3.05, 3.63) is 157 Å². The van der Waals surface area contributed by atoms with Crippen molar-refractivity contribution in [3.63, 3.8) is 0 Å². The van der Waals surface area contributed by atoms with Crippen molar-refractivity contribution in [2.24, 2.45) is 0 Å². The molecule has 5 aromatic carbocycles. The molecule has 4 heteroatoms. The number of benzene rings is 5. The highest BCUT2D eigenvalue weighted by atomic mass is 32.1. The summed E-state index contributed by atoms with van der Waals surface area (Å²) in [6, 6.07) is 46.5. The molecule has 2 atom stereocenters. The van der Waals surface area contributed by atoms with E-state index in [0.29, 0.717) is 5.92 Å². The number of pyridine rings is 2. The third kappa shape index (κ3) is 4.32. The van der Waals surface area contributed by atoms with Gasteiger partial charge in [-0.3, -0.25) is 0 Å². The van der Waals surface area contributed by atoms with Gasteiger partial charge in [0.15, 0.2) is 24.1 Å². The molecule has 2 aliphatic rings. The summed E-state index contributed by atoms with van der Waals surface area (Å²) in [5, 5.41) is 8.10. The quantitative estimate of drug-likeness (QED) is 0.138. The summed E-state index contributed by atoms with van der Waals surface area (Å²) in [5.41, 5.74) is 14.5. The Morgan fingerprint density at radius 1 is 0.673 bits per heavy atom. The van der Waals surface area contributed by atoms with Crippen LogP contribution in [0.5, 0.6) is 0 Å². The van der Waals surface area contributed by atoms with Gasteiger partial charge in [-0.15, -0.1) is 11.3 Å². The van der Waals surface area contributed by atoms with Gasteiger partial charge < -0.3 is 4.40 Å². The lowest BCUT2D eigenvalue weighted by atomic mass is 9.77. The first-order valence-electron chi connectivity index (χ1n) is 19.7. The molecule has 264 valence electrons. The minimum atomic E-state index is 0.0100. The second-order valence-electron chi connectivity index (χ2n) is 17.0. The zero-order chi connectivity index (χ0) is 36.7. The molecule has 10 aromatic rings. The molecule has 7 heterocycles. The molecule has 55 heavy (non-hydrogen) atoms. The SMILES string of the molecule is C=C1CC2C(CCc3cc4c(cc3-c3cc(C(C)(C)C)cc[n+]31)c1cccc3c5c6c(ccc5n4c13)sc1ccccc16)c1ccccc1-c1cccc[n+]12. The van der Waals surface area contributed by atoms with Gasteiger partial charge in [0.2, 0.25) is 11.4 Å². The van der Waals surface area contributed by atoms with E-state index < -0.39 is 0 Å². The van der Waals surface area contributed by atoms with E-state index in [2.05, 4.69) is 168 Å². The van der Waals surface area contributed by atoms with Gasteiger partial charge in [-0.1, -0.05) is 75.4 Å². The first-order valence-corrected chi connectivity index (χ1v) is 20.5. The Hall–Kier alpha value is -5.84. The molecule has 12 rings (SSSR count). The number of thiophene rings is 1. The number of fused-ring (bicyclic) bond motifs is 19. The largest absolute Gasteiger partial charge is 0.308 e. The molecule has 2 unspecified atom stereocenters. The van der Waals surface area contributed by atoms with Gasteiger partial charge in [0.05, 0.1) is 28.5 Å². The van der Waals surface area contributed by atoms with Gasteiger partial charge in [0, 0.05) is 77.5 Å². The van der Waals surface area contributed by atoms with E-state index in [4.69, 9.17) is 6.58 Å². The summed E-state index contributed by atoms with van der Waals surface area (Å²) in [5.74, 6) is 0.349. The summed E-state index contributed by atoms with van der Waals surface area (Å²) in [6.07, 6.45) is 7.50. The molecule has 0 N–H and O–H groups in total. The van der Waals surface area contributed by atoms with Crippen molar-refractivity contribution in [1.82, 2.24) is 4.40 Å². The van der Waals surface area contributed by atoms with Crippen LogP contribution in [0, 0.1) is 0 Å². The van der Waals surface area contributed by atoms with E-state index in [9.17, 15) is 0 Å². The third-order valence-corrected chi connectivity index (χ3v) is 14.1. The first kappa shape index (κ1) is 31.5. The lowest BCUT2D eigenvalue weighted by molar-refractivity contribution is -0.720. The highest BCUT2D eigenvalue weighted by molar-refractivity contribution is 7.26. The second-order valence-corrected chi connectivity index (χ2v) is 18.1. The molecule has 0 fully saturated rings. The summed E-state index contributed by atoms with van der Waals surface area (Å²) < 4.78 is 10.2. The molecule has 0 saturated carbocycles. The average molecular weight is 728 g/mol. The second kappa shape index (κ2) is 11.1. The monoisotopic (exact) mass is 727 g/mol. The molecule has 2 aliphatic heterocycles. The topological polar surface area (TPSA) is 12.2 Å². The van der Waals surface area contributed by atoms with Crippen molar-refractivity contribution >= 4 is 75.3 Å². The molecule has 3 nitrogen and oxygen atoms in total. The maximum Gasteiger partial charge on any atom is 0.218 e. The Labute approximate surface area is 324 Å². The summed E-state index contributed by atoms with van der Waals surface area (Å²) >= 11 is 1.90. The fourth-order valence-electron chi connectivity index (χ4n) is 10.4. The summed E-state index contributed by atoms with van der Waals surface area (Å²) in [4.78, 5) is 0. The van der Waals surface area contributed by atoms with Gasteiger partial charge in [-0.05, 0) is 84.0 Å². The highest BCUT2D eigenvalue weighted by Crippen LogP contribution is 2.48. The number of nitrogens with zero attached hydrogens (tertiary/aromatic N) is 3. The van der Waals surface area contributed by atoms with Crippen LogP contribution in [0.15, 0.2) is 140 Å². The fourth-order valence-corrected chi connectivity index (χ4v) is 11.5. The van der Waals surface area contributed by atoms with E-state index in [1.165, 1.54) is 97.5 Å². The van der Waals surface area contributed by atoms with Gasteiger partial charge in [0.25, 0.3) is 0 Å². The normalized spacial score (nSPS) is 17.2. The van der Waals surface area contributed by atoms with Gasteiger partial charge >= 0.3 is 0 Å². The number of rotatable bonds is 0. The molecular formula is C51H41N3S+2. The van der Waals surface area contributed by atoms with Crippen LogP contribution in [-0.4, -0.2) is 4.40 Å². The molecule has 0 aliphatic carbocycles. The first-order chi connectivity index (χ1) is 26.8. The minimum Gasteiger partial charge on any atom is -0.308 e. The van der Waals surface area contributed by atoms with E-state index in [0.717, 1.165) is 25.0 Å². The maximum absolute atomic E-state index is 4.86. The maximum atomic E-state index is 4.86. The van der Waals surface area contributed by atoms with Crippen LogP contribution in [0.1, 0.15) is 62.3 Å². The lowest BCUT2D eigenvalue weighted by Gasteiger charge is -2.31. The van der Waals surface area contributed by atoms with Crippen LogP contribution >= 0.6 is 11.3 Å². The number of para-hydroxylation sites is 1. The van der Waals surface area contributed by atoms with Crippen LogP contribution in [0.4, 0.5) is 0 Å². The van der Waals surface area contributed by atoms with Crippen molar-refractivity contribution in [2.45, 2.75) is 57.4 Å². The number of hydrogen-bond donors (Lipinski definition) is 0. The summed E-state index contributed by atoms with van der Waals surface area (Å²) in [6.45, 7) is 11.8. The van der Waals surface area contributed by atoms with Crippen LogP contribution < -0.4 is 9.13 Å². The highest BCUT2D eigenvalue weighted by Gasteiger charge is 2.42. The molecule has 0 amide bonds. The molecule has 0 spiro atoms. The van der Waals surface area contributed by atoms with Crippen LogP contribution in [0.2, 0.25) is 0 Å². The van der Waals surface area contributed by atoms with E-state index in [1.807, 2.05) is 11.3 Å². The Bertz CT molecular complexity index is 3260. The number of allylic oxidation sites excluding steroid dienone is 1. The Balaban J connectivity index is 1.16. The molecule has 0 bridgehead atoms.